The number of hydrogen-bond donors (Lipinski definition) is 0. The van der Waals surface area contributed by atoms with E-state index in [1.165, 1.54) is 0 Å². The molecule has 36 heavy (non-hydrogen) atoms. The van der Waals surface area contributed by atoms with E-state index in [-0.39, 0.29) is 6.61 Å². The smallest absolute Gasteiger partial charge is 0.340 e. The zero-order valence-electron chi connectivity index (χ0n) is 20.7. The van der Waals surface area contributed by atoms with E-state index < -0.39 is 73.3 Å². The van der Waals surface area contributed by atoms with Crippen molar-refractivity contribution in [2.45, 2.75) is 71.4 Å². The molecule has 198 valence electrons. The lowest BCUT2D eigenvalue weighted by molar-refractivity contribution is -0.316. The Bertz CT molecular complexity index is 930. The van der Waals surface area contributed by atoms with Gasteiger partial charge in [-0.1, -0.05) is 30.3 Å². The molecule has 0 amide bonds. The first-order valence-corrected chi connectivity index (χ1v) is 11.2. The number of carbonyl (C=O) groups excluding carboxylic acids is 5. The molecule has 0 aliphatic carbocycles. The van der Waals surface area contributed by atoms with Crippen molar-refractivity contribution >= 4 is 29.8 Å². The molecule has 1 aromatic rings. The van der Waals surface area contributed by atoms with Gasteiger partial charge >= 0.3 is 29.8 Å². The van der Waals surface area contributed by atoms with Crippen molar-refractivity contribution in [2.75, 3.05) is 13.2 Å². The lowest BCUT2D eigenvalue weighted by Crippen LogP contribution is -2.63. The molecule has 0 spiro atoms. The molecule has 0 unspecified atom stereocenters. The summed E-state index contributed by atoms with van der Waals surface area (Å²) in [5, 5.41) is 0. The first kappa shape index (κ1) is 28.7. The maximum absolute atomic E-state index is 12.8. The van der Waals surface area contributed by atoms with E-state index in [1.807, 2.05) is 0 Å². The molecule has 1 aromatic carbocycles. The summed E-state index contributed by atoms with van der Waals surface area (Å²) < 4.78 is 38.1. The summed E-state index contributed by atoms with van der Waals surface area (Å²) in [6.45, 7) is 5.74. The quantitative estimate of drug-likeness (QED) is 0.330. The van der Waals surface area contributed by atoms with Gasteiger partial charge in [0, 0.05) is 27.7 Å². The predicted octanol–water partition coefficient (Wildman–Crippen LogP) is 1.39. The standard InChI is InChI=1S/C24H30O12/c1-6-30-23(29)19(17-10-8-7-9-11-17)36-24-22(34-16(5)28)21(33-15(4)27)20(32-14(3)26)18(35-24)12-31-13(2)25/h7-11,18-22,24H,6,12H2,1-5H3/t18-,19+,20+,21+,22+,24+/m0/s1. The number of hydrogen-bond acceptors (Lipinski definition) is 12. The van der Waals surface area contributed by atoms with Gasteiger partial charge in [0.05, 0.1) is 6.61 Å². The Morgan fingerprint density at radius 1 is 0.778 bits per heavy atom. The van der Waals surface area contributed by atoms with Crippen LogP contribution in [0.2, 0.25) is 0 Å². The average Bonchev–Trinajstić information content (AvgIpc) is 2.79. The maximum atomic E-state index is 12.8. The number of esters is 5. The van der Waals surface area contributed by atoms with Gasteiger partial charge < -0.3 is 33.2 Å². The van der Waals surface area contributed by atoms with Crippen LogP contribution in [0.4, 0.5) is 0 Å². The molecule has 0 radical (unpaired) electrons. The van der Waals surface area contributed by atoms with E-state index in [1.54, 1.807) is 37.3 Å². The van der Waals surface area contributed by atoms with Gasteiger partial charge in [-0.25, -0.2) is 4.79 Å². The number of benzene rings is 1. The molecule has 1 aliphatic rings. The topological polar surface area (TPSA) is 150 Å². The van der Waals surface area contributed by atoms with Crippen LogP contribution in [0.1, 0.15) is 46.3 Å². The van der Waals surface area contributed by atoms with Crippen LogP contribution in [-0.2, 0) is 57.1 Å². The van der Waals surface area contributed by atoms with Gasteiger partial charge in [0.1, 0.15) is 12.7 Å². The molecular weight excluding hydrogens is 480 g/mol. The fourth-order valence-corrected chi connectivity index (χ4v) is 3.55. The Morgan fingerprint density at radius 2 is 1.33 bits per heavy atom. The summed E-state index contributed by atoms with van der Waals surface area (Å²) in [6, 6.07) is 8.33. The lowest BCUT2D eigenvalue weighted by atomic mass is 9.97. The highest BCUT2D eigenvalue weighted by Gasteiger charge is 2.53. The summed E-state index contributed by atoms with van der Waals surface area (Å²) in [5.74, 6) is -3.75. The Hall–Kier alpha value is -3.51. The predicted molar refractivity (Wildman–Crippen MR) is 119 cm³/mol. The van der Waals surface area contributed by atoms with Crippen molar-refractivity contribution in [2.24, 2.45) is 0 Å². The van der Waals surface area contributed by atoms with Gasteiger partial charge in [0.15, 0.2) is 24.4 Å². The van der Waals surface area contributed by atoms with Crippen molar-refractivity contribution in [1.29, 1.82) is 0 Å². The second kappa shape index (κ2) is 13.5. The monoisotopic (exact) mass is 510 g/mol. The van der Waals surface area contributed by atoms with E-state index in [0.717, 1.165) is 27.7 Å². The van der Waals surface area contributed by atoms with E-state index >= 15 is 0 Å². The lowest BCUT2D eigenvalue weighted by Gasteiger charge is -2.44. The molecule has 12 nitrogen and oxygen atoms in total. The average molecular weight is 510 g/mol. The van der Waals surface area contributed by atoms with Gasteiger partial charge in [-0.05, 0) is 12.5 Å². The van der Waals surface area contributed by atoms with Crippen LogP contribution in [0.5, 0.6) is 0 Å². The van der Waals surface area contributed by atoms with Crippen molar-refractivity contribution in [3.8, 4) is 0 Å². The summed E-state index contributed by atoms with van der Waals surface area (Å²) in [5.41, 5.74) is 0.406. The highest BCUT2D eigenvalue weighted by atomic mass is 16.7. The van der Waals surface area contributed by atoms with Gasteiger partial charge in [0.25, 0.3) is 0 Å². The Balaban J connectivity index is 2.53. The molecule has 1 aliphatic heterocycles. The summed E-state index contributed by atoms with van der Waals surface area (Å²) in [7, 11) is 0. The van der Waals surface area contributed by atoms with Crippen LogP contribution in [0.25, 0.3) is 0 Å². The molecule has 0 N–H and O–H groups in total. The van der Waals surface area contributed by atoms with Crippen LogP contribution < -0.4 is 0 Å². The first-order valence-electron chi connectivity index (χ1n) is 11.2. The van der Waals surface area contributed by atoms with Crippen molar-refractivity contribution in [3.63, 3.8) is 0 Å². The highest BCUT2D eigenvalue weighted by Crippen LogP contribution is 2.33. The summed E-state index contributed by atoms with van der Waals surface area (Å²) >= 11 is 0. The van der Waals surface area contributed by atoms with Crippen LogP contribution in [0.15, 0.2) is 30.3 Å². The fourth-order valence-electron chi connectivity index (χ4n) is 3.55. The molecule has 0 saturated carbocycles. The summed E-state index contributed by atoms with van der Waals surface area (Å²) in [4.78, 5) is 60.0. The minimum atomic E-state index is -1.53. The maximum Gasteiger partial charge on any atom is 0.340 e. The number of carbonyl (C=O) groups is 5. The zero-order chi connectivity index (χ0) is 26.8. The third-order valence-electron chi connectivity index (χ3n) is 4.82. The van der Waals surface area contributed by atoms with Crippen LogP contribution in [-0.4, -0.2) is 73.8 Å². The normalized spacial score (nSPS) is 24.1. The minimum absolute atomic E-state index is 0.0596. The summed E-state index contributed by atoms with van der Waals surface area (Å²) in [6.07, 6.45) is -8.30. The minimum Gasteiger partial charge on any atom is -0.464 e. The molecule has 2 rings (SSSR count). The van der Waals surface area contributed by atoms with E-state index in [2.05, 4.69) is 0 Å². The highest BCUT2D eigenvalue weighted by molar-refractivity contribution is 5.76. The molecule has 0 bridgehead atoms. The van der Waals surface area contributed by atoms with Gasteiger partial charge in [-0.15, -0.1) is 0 Å². The Kier molecular flexibility index (Phi) is 10.8. The van der Waals surface area contributed by atoms with Crippen molar-refractivity contribution in [3.05, 3.63) is 35.9 Å². The molecule has 6 atom stereocenters. The third-order valence-corrected chi connectivity index (χ3v) is 4.82. The second-order valence-electron chi connectivity index (χ2n) is 7.75. The molecular formula is C24H30O12. The van der Waals surface area contributed by atoms with Crippen molar-refractivity contribution in [1.82, 2.24) is 0 Å². The fraction of sp³-hybridized carbons (Fsp3) is 0.542. The molecule has 1 saturated heterocycles. The van der Waals surface area contributed by atoms with E-state index in [0.29, 0.717) is 5.56 Å². The third kappa shape index (κ3) is 8.31. The van der Waals surface area contributed by atoms with Gasteiger partial charge in [0.2, 0.25) is 6.29 Å². The van der Waals surface area contributed by atoms with Gasteiger partial charge in [-0.2, -0.15) is 0 Å². The molecule has 1 heterocycles. The Labute approximate surface area is 208 Å². The van der Waals surface area contributed by atoms with Crippen molar-refractivity contribution < 1.29 is 57.1 Å². The van der Waals surface area contributed by atoms with Crippen LogP contribution >= 0.6 is 0 Å². The second-order valence-corrected chi connectivity index (χ2v) is 7.75. The molecule has 1 fully saturated rings. The first-order chi connectivity index (χ1) is 17.0. The number of rotatable bonds is 10. The van der Waals surface area contributed by atoms with E-state index in [9.17, 15) is 24.0 Å². The largest absolute Gasteiger partial charge is 0.464 e. The SMILES string of the molecule is CCOC(=O)[C@H](O[C@H]1O[C@@H](COC(C)=O)[C@@H](OC(C)=O)[C@@H](OC(C)=O)[C@H]1OC(C)=O)c1ccccc1. The molecule has 0 aromatic heterocycles. The van der Waals surface area contributed by atoms with Crippen LogP contribution in [0, 0.1) is 0 Å². The Morgan fingerprint density at radius 3 is 1.86 bits per heavy atom. The van der Waals surface area contributed by atoms with Crippen LogP contribution in [0.3, 0.4) is 0 Å². The number of ether oxygens (including phenoxy) is 7. The van der Waals surface area contributed by atoms with E-state index in [4.69, 9.17) is 33.2 Å². The van der Waals surface area contributed by atoms with Gasteiger partial charge in [-0.3, -0.25) is 19.2 Å². The zero-order valence-corrected chi connectivity index (χ0v) is 20.7. The molecule has 12 heteroatoms.